The summed E-state index contributed by atoms with van der Waals surface area (Å²) >= 11 is 4.90. The number of anilines is 1. The molecule has 1 saturated heterocycles. The van der Waals surface area contributed by atoms with Crippen molar-refractivity contribution in [3.05, 3.63) is 28.2 Å². The van der Waals surface area contributed by atoms with Crippen LogP contribution in [0.5, 0.6) is 0 Å². The van der Waals surface area contributed by atoms with E-state index < -0.39 is 11.7 Å². The Balaban J connectivity index is 1.77. The summed E-state index contributed by atoms with van der Waals surface area (Å²) in [4.78, 5) is 38.7. The predicted octanol–water partition coefficient (Wildman–Crippen LogP) is 0.109. The first-order valence-electron chi connectivity index (χ1n) is 7.20. The van der Waals surface area contributed by atoms with E-state index in [2.05, 4.69) is 15.9 Å². The van der Waals surface area contributed by atoms with Gasteiger partial charge in [-0.25, -0.2) is 0 Å². The van der Waals surface area contributed by atoms with E-state index in [0.717, 1.165) is 21.7 Å². The molecule has 6 nitrogen and oxygen atoms in total. The lowest BCUT2D eigenvalue weighted by molar-refractivity contribution is -0.896. The van der Waals surface area contributed by atoms with Gasteiger partial charge in [0.2, 0.25) is 0 Å². The predicted molar refractivity (Wildman–Crippen MR) is 89.8 cm³/mol. The van der Waals surface area contributed by atoms with Crippen LogP contribution in [0, 0.1) is 0 Å². The van der Waals surface area contributed by atoms with Gasteiger partial charge in [-0.15, -0.1) is 11.8 Å². The monoisotopic (exact) mass is 399 g/mol. The molecule has 0 aromatic heterocycles. The van der Waals surface area contributed by atoms with Gasteiger partial charge in [0.25, 0.3) is 5.78 Å². The number of amides is 1. The number of rotatable bonds is 3. The molecule has 2 aliphatic heterocycles. The molecule has 1 fully saturated rings. The van der Waals surface area contributed by atoms with Crippen molar-refractivity contribution in [3.63, 3.8) is 0 Å². The number of carbonyl (C=O) groups excluding carboxylic acids is 3. The van der Waals surface area contributed by atoms with Gasteiger partial charge in [0.05, 0.1) is 24.9 Å². The quantitative estimate of drug-likeness (QED) is 0.577. The smallest absolute Gasteiger partial charge is 0.324 e. The molecule has 0 radical (unpaired) electrons. The molecule has 0 saturated carbocycles. The van der Waals surface area contributed by atoms with Crippen molar-refractivity contribution in [2.24, 2.45) is 0 Å². The van der Waals surface area contributed by atoms with Gasteiger partial charge in [0, 0.05) is 10.2 Å². The number of ether oxygens (including phenoxy) is 1. The number of halogens is 1. The van der Waals surface area contributed by atoms with Crippen LogP contribution in [0.1, 0.15) is 10.4 Å². The fourth-order valence-electron chi connectivity index (χ4n) is 2.85. The molecule has 3 rings (SSSR count). The van der Waals surface area contributed by atoms with E-state index in [-0.39, 0.29) is 11.2 Å². The van der Waals surface area contributed by atoms with Crippen molar-refractivity contribution in [2.75, 3.05) is 37.5 Å². The van der Waals surface area contributed by atoms with E-state index in [4.69, 9.17) is 4.74 Å². The van der Waals surface area contributed by atoms with Crippen molar-refractivity contribution in [1.29, 1.82) is 0 Å². The van der Waals surface area contributed by atoms with Gasteiger partial charge in [-0.2, -0.15) is 0 Å². The number of Topliss-reactive ketones (excluding diaryl/α,β-unsaturated/α-hetero) is 1. The lowest BCUT2D eigenvalue weighted by atomic mass is 10.1. The van der Waals surface area contributed by atoms with E-state index in [0.29, 0.717) is 24.5 Å². The van der Waals surface area contributed by atoms with Crippen LogP contribution < -0.4 is 9.80 Å². The maximum atomic E-state index is 12.3. The lowest BCUT2D eigenvalue weighted by Crippen LogP contribution is -3.16. The molecule has 1 unspecified atom stereocenters. The SMILES string of the molecule is COC(=O)[C@@H]1C[NH+](CN2C(=O)C(=O)c3cc(Br)ccc32)CCS1. The maximum absolute atomic E-state index is 12.3. The fourth-order valence-corrected chi connectivity index (χ4v) is 4.49. The van der Waals surface area contributed by atoms with E-state index in [1.165, 1.54) is 12.0 Å². The summed E-state index contributed by atoms with van der Waals surface area (Å²) in [7, 11) is 1.38. The van der Waals surface area contributed by atoms with Crippen LogP contribution in [0.4, 0.5) is 5.69 Å². The lowest BCUT2D eigenvalue weighted by Gasteiger charge is -2.30. The van der Waals surface area contributed by atoms with E-state index in [1.54, 1.807) is 23.9 Å². The Hall–Kier alpha value is -1.38. The molecule has 0 aliphatic carbocycles. The molecule has 122 valence electrons. The van der Waals surface area contributed by atoms with Crippen LogP contribution in [-0.2, 0) is 14.3 Å². The Labute approximate surface area is 146 Å². The Kier molecular flexibility index (Phi) is 4.74. The van der Waals surface area contributed by atoms with Gasteiger partial charge >= 0.3 is 11.9 Å². The highest BCUT2D eigenvalue weighted by atomic mass is 79.9. The molecule has 23 heavy (non-hydrogen) atoms. The second-order valence-electron chi connectivity index (χ2n) is 5.47. The molecule has 0 spiro atoms. The van der Waals surface area contributed by atoms with Crippen LogP contribution in [0.3, 0.4) is 0 Å². The van der Waals surface area contributed by atoms with Gasteiger partial charge in [-0.3, -0.25) is 19.3 Å². The number of esters is 1. The standard InChI is InChI=1S/C15H15BrN2O4S/c1-22-15(21)12-7-17(4-5-23-12)8-18-11-3-2-9(16)6-10(11)13(19)14(18)20/h2-3,6,12H,4-5,7-8H2,1H3/p+1/t12-/m0/s1. The number of thioether (sulfide) groups is 1. The van der Waals surface area contributed by atoms with Crippen LogP contribution in [0.2, 0.25) is 0 Å². The molecule has 1 amide bonds. The van der Waals surface area contributed by atoms with Gasteiger partial charge in [0.1, 0.15) is 6.54 Å². The summed E-state index contributed by atoms with van der Waals surface area (Å²) in [6.45, 7) is 1.80. The Morgan fingerprint density at radius 1 is 1.48 bits per heavy atom. The van der Waals surface area contributed by atoms with Crippen LogP contribution >= 0.6 is 27.7 Å². The fraction of sp³-hybridized carbons (Fsp3) is 0.400. The van der Waals surface area contributed by atoms with Crippen molar-refractivity contribution < 1.29 is 24.0 Å². The molecule has 2 heterocycles. The Bertz CT molecular complexity index is 681. The van der Waals surface area contributed by atoms with Crippen LogP contribution in [-0.4, -0.2) is 55.5 Å². The number of fused-ring (bicyclic) bond motifs is 1. The number of hydrogen-bond donors (Lipinski definition) is 1. The largest absolute Gasteiger partial charge is 0.468 e. The minimum absolute atomic E-state index is 0.221. The second-order valence-corrected chi connectivity index (χ2v) is 7.69. The average molecular weight is 400 g/mol. The zero-order valence-electron chi connectivity index (χ0n) is 12.5. The Morgan fingerprint density at radius 2 is 2.26 bits per heavy atom. The molecule has 8 heteroatoms. The van der Waals surface area contributed by atoms with Crippen molar-refractivity contribution in [2.45, 2.75) is 5.25 Å². The molecule has 2 aliphatic rings. The zero-order chi connectivity index (χ0) is 16.6. The van der Waals surface area contributed by atoms with E-state index in [1.807, 2.05) is 6.07 Å². The molecular formula is C15H16BrN2O4S+. The van der Waals surface area contributed by atoms with Crippen molar-refractivity contribution in [3.8, 4) is 0 Å². The third-order valence-electron chi connectivity index (χ3n) is 4.03. The number of carbonyl (C=O) groups is 3. The summed E-state index contributed by atoms with van der Waals surface area (Å²) in [5.41, 5.74) is 1.07. The zero-order valence-corrected chi connectivity index (χ0v) is 14.9. The highest BCUT2D eigenvalue weighted by Crippen LogP contribution is 2.30. The highest BCUT2D eigenvalue weighted by molar-refractivity contribution is 9.10. The number of methoxy groups -OCH3 is 1. The molecule has 2 atom stereocenters. The third-order valence-corrected chi connectivity index (χ3v) is 5.72. The van der Waals surface area contributed by atoms with Gasteiger partial charge in [-0.05, 0) is 18.2 Å². The first kappa shape index (κ1) is 16.5. The summed E-state index contributed by atoms with van der Waals surface area (Å²) in [6, 6.07) is 5.27. The minimum atomic E-state index is -0.501. The number of ketones is 1. The van der Waals surface area contributed by atoms with Gasteiger partial charge in [-0.1, -0.05) is 15.9 Å². The van der Waals surface area contributed by atoms with Crippen molar-refractivity contribution in [1.82, 2.24) is 0 Å². The summed E-state index contributed by atoms with van der Waals surface area (Å²) in [5.74, 6) is -0.395. The van der Waals surface area contributed by atoms with Gasteiger partial charge in [0.15, 0.2) is 11.9 Å². The first-order valence-corrected chi connectivity index (χ1v) is 9.04. The topological polar surface area (TPSA) is 68.1 Å². The molecule has 1 aromatic rings. The first-order chi connectivity index (χ1) is 11.0. The molecule has 1 aromatic carbocycles. The normalized spacial score (nSPS) is 23.8. The van der Waals surface area contributed by atoms with Gasteiger partial charge < -0.3 is 9.64 Å². The maximum Gasteiger partial charge on any atom is 0.324 e. The van der Waals surface area contributed by atoms with Crippen LogP contribution in [0.15, 0.2) is 22.7 Å². The van der Waals surface area contributed by atoms with E-state index in [9.17, 15) is 14.4 Å². The molecule has 1 N–H and O–H groups in total. The van der Waals surface area contributed by atoms with E-state index >= 15 is 0 Å². The molecule has 0 bridgehead atoms. The third kappa shape index (κ3) is 3.15. The number of benzene rings is 1. The highest BCUT2D eigenvalue weighted by Gasteiger charge is 2.39. The summed E-state index contributed by atoms with van der Waals surface area (Å²) in [5, 5.41) is -0.221. The minimum Gasteiger partial charge on any atom is -0.468 e. The van der Waals surface area contributed by atoms with Crippen molar-refractivity contribution >= 4 is 51.0 Å². The number of nitrogens with one attached hydrogen (secondary N) is 1. The summed E-state index contributed by atoms with van der Waals surface area (Å²) < 4.78 is 5.57. The number of quaternary nitrogens is 1. The number of nitrogens with zero attached hydrogens (tertiary/aromatic N) is 1. The van der Waals surface area contributed by atoms with Crippen LogP contribution in [0.25, 0.3) is 0 Å². The molecular weight excluding hydrogens is 384 g/mol. The second kappa shape index (κ2) is 6.62. The Morgan fingerprint density at radius 3 is 3.00 bits per heavy atom. The summed E-state index contributed by atoms with van der Waals surface area (Å²) in [6.07, 6.45) is 0. The average Bonchev–Trinajstić information content (AvgIpc) is 2.79. The number of hydrogen-bond acceptors (Lipinski definition) is 5.